The first-order valence-corrected chi connectivity index (χ1v) is 11.0. The Morgan fingerprint density at radius 2 is 1.66 bits per heavy atom. The number of likely N-dealkylation sites (tertiary alicyclic amines) is 1. The Bertz CT molecular complexity index is 1010. The molecule has 0 radical (unpaired) electrons. The van der Waals surface area contributed by atoms with E-state index in [-0.39, 0.29) is 17.7 Å². The number of carbonyl (C=O) groups excluding carboxylic acids is 2. The van der Waals surface area contributed by atoms with Crippen LogP contribution < -0.4 is 5.32 Å². The van der Waals surface area contributed by atoms with Crippen LogP contribution in [0.2, 0.25) is 0 Å². The molecule has 1 aliphatic rings. The van der Waals surface area contributed by atoms with Gasteiger partial charge in [0.15, 0.2) is 0 Å². The fourth-order valence-electron chi connectivity index (χ4n) is 3.96. The van der Waals surface area contributed by atoms with Gasteiger partial charge in [0.1, 0.15) is 6.26 Å². The predicted molar refractivity (Wildman–Crippen MR) is 121 cm³/mol. The van der Waals surface area contributed by atoms with E-state index in [4.69, 9.17) is 9.15 Å². The molecule has 0 atom stereocenters. The normalized spacial score (nSPS) is 14.3. The minimum atomic E-state index is -0.0788. The van der Waals surface area contributed by atoms with Gasteiger partial charge in [-0.25, -0.2) is 0 Å². The largest absolute Gasteiger partial charge is 0.472 e. The number of rotatable bonds is 8. The topological polar surface area (TPSA) is 71.8 Å². The van der Waals surface area contributed by atoms with E-state index in [1.54, 1.807) is 11.0 Å². The van der Waals surface area contributed by atoms with Gasteiger partial charge in [-0.05, 0) is 35.6 Å². The molecule has 32 heavy (non-hydrogen) atoms. The molecule has 6 nitrogen and oxygen atoms in total. The Morgan fingerprint density at radius 1 is 0.938 bits per heavy atom. The standard InChI is InChI=1S/C26H28N2O4/c29-25(21-10-13-28(14-11-21)26(30)24-12-15-31-19-24)27-16-22-8-4-5-9-23(22)18-32-17-20-6-2-1-3-7-20/h1-9,12,15,19,21H,10-11,13-14,16-18H2,(H,27,29). The number of hydrogen-bond donors (Lipinski definition) is 1. The summed E-state index contributed by atoms with van der Waals surface area (Å²) in [5.74, 6) is -0.0765. The second-order valence-electron chi connectivity index (χ2n) is 8.04. The predicted octanol–water partition coefficient (Wildman–Crippen LogP) is 4.17. The van der Waals surface area contributed by atoms with Crippen molar-refractivity contribution in [2.24, 2.45) is 5.92 Å². The highest BCUT2D eigenvalue weighted by atomic mass is 16.5. The summed E-state index contributed by atoms with van der Waals surface area (Å²) in [5, 5.41) is 3.08. The third-order valence-corrected chi connectivity index (χ3v) is 5.86. The van der Waals surface area contributed by atoms with E-state index in [9.17, 15) is 9.59 Å². The van der Waals surface area contributed by atoms with Crippen LogP contribution in [0, 0.1) is 5.92 Å². The zero-order valence-corrected chi connectivity index (χ0v) is 18.0. The lowest BCUT2D eigenvalue weighted by Crippen LogP contribution is -2.42. The van der Waals surface area contributed by atoms with E-state index in [0.717, 1.165) is 16.7 Å². The first-order valence-electron chi connectivity index (χ1n) is 11.0. The van der Waals surface area contributed by atoms with Crippen molar-refractivity contribution in [2.45, 2.75) is 32.6 Å². The smallest absolute Gasteiger partial charge is 0.257 e. The third-order valence-electron chi connectivity index (χ3n) is 5.86. The number of benzene rings is 2. The molecule has 2 aromatic carbocycles. The Kier molecular flexibility index (Phi) is 7.35. The maximum Gasteiger partial charge on any atom is 0.257 e. The average Bonchev–Trinajstić information content (AvgIpc) is 3.39. The van der Waals surface area contributed by atoms with Gasteiger partial charge in [0.05, 0.1) is 25.0 Å². The van der Waals surface area contributed by atoms with Crippen LogP contribution in [-0.4, -0.2) is 29.8 Å². The van der Waals surface area contributed by atoms with Crippen LogP contribution in [0.4, 0.5) is 0 Å². The summed E-state index contributed by atoms with van der Waals surface area (Å²) < 4.78 is 10.9. The molecule has 1 aliphatic heterocycles. The summed E-state index contributed by atoms with van der Waals surface area (Å²) in [4.78, 5) is 26.9. The second kappa shape index (κ2) is 10.8. The zero-order valence-electron chi connectivity index (χ0n) is 18.0. The van der Waals surface area contributed by atoms with Gasteiger partial charge < -0.3 is 19.4 Å². The van der Waals surface area contributed by atoms with Crippen LogP contribution in [0.15, 0.2) is 77.6 Å². The monoisotopic (exact) mass is 432 g/mol. The third kappa shape index (κ3) is 5.65. The average molecular weight is 433 g/mol. The highest BCUT2D eigenvalue weighted by Crippen LogP contribution is 2.20. The number of ether oxygens (including phenoxy) is 1. The maximum atomic E-state index is 12.7. The summed E-state index contributed by atoms with van der Waals surface area (Å²) in [6, 6.07) is 19.8. The lowest BCUT2D eigenvalue weighted by atomic mass is 9.95. The SMILES string of the molecule is O=C(NCc1ccccc1COCc1ccccc1)C1CCN(C(=O)c2ccoc2)CC1. The molecule has 166 valence electrons. The molecule has 0 saturated carbocycles. The molecule has 3 aromatic rings. The van der Waals surface area contributed by atoms with Crippen molar-refractivity contribution in [3.63, 3.8) is 0 Å². The van der Waals surface area contributed by atoms with Crippen molar-refractivity contribution in [2.75, 3.05) is 13.1 Å². The van der Waals surface area contributed by atoms with Gasteiger partial charge in [-0.15, -0.1) is 0 Å². The maximum absolute atomic E-state index is 12.7. The Hall–Kier alpha value is -3.38. The minimum Gasteiger partial charge on any atom is -0.472 e. The molecule has 1 fully saturated rings. The lowest BCUT2D eigenvalue weighted by Gasteiger charge is -2.31. The summed E-state index contributed by atoms with van der Waals surface area (Å²) in [7, 11) is 0. The van der Waals surface area contributed by atoms with Gasteiger partial charge in [-0.3, -0.25) is 9.59 Å². The summed E-state index contributed by atoms with van der Waals surface area (Å²) in [6.45, 7) is 2.67. The molecule has 1 saturated heterocycles. The van der Waals surface area contributed by atoms with E-state index in [2.05, 4.69) is 5.32 Å². The van der Waals surface area contributed by atoms with Crippen molar-refractivity contribution >= 4 is 11.8 Å². The molecular weight excluding hydrogens is 404 g/mol. The number of nitrogens with one attached hydrogen (secondary N) is 1. The van der Waals surface area contributed by atoms with Gasteiger partial charge in [-0.1, -0.05) is 54.6 Å². The van der Waals surface area contributed by atoms with Crippen molar-refractivity contribution in [1.29, 1.82) is 0 Å². The Labute approximate surface area is 188 Å². The van der Waals surface area contributed by atoms with Gasteiger partial charge in [0.25, 0.3) is 5.91 Å². The Balaban J connectivity index is 1.24. The van der Waals surface area contributed by atoms with Gasteiger partial charge in [-0.2, -0.15) is 0 Å². The molecular formula is C26H28N2O4. The number of hydrogen-bond acceptors (Lipinski definition) is 4. The van der Waals surface area contributed by atoms with E-state index in [0.29, 0.717) is 51.3 Å². The van der Waals surface area contributed by atoms with Crippen LogP contribution in [0.1, 0.15) is 39.9 Å². The summed E-state index contributed by atoms with van der Waals surface area (Å²) in [5.41, 5.74) is 3.82. The molecule has 0 bridgehead atoms. The molecule has 4 rings (SSSR count). The highest BCUT2D eigenvalue weighted by Gasteiger charge is 2.28. The first-order chi connectivity index (χ1) is 15.7. The number of nitrogens with zero attached hydrogens (tertiary/aromatic N) is 1. The van der Waals surface area contributed by atoms with Crippen LogP contribution in [-0.2, 0) is 29.3 Å². The second-order valence-corrected chi connectivity index (χ2v) is 8.04. The van der Waals surface area contributed by atoms with Crippen molar-refractivity contribution in [1.82, 2.24) is 10.2 Å². The summed E-state index contributed by atoms with van der Waals surface area (Å²) >= 11 is 0. The van der Waals surface area contributed by atoms with Gasteiger partial charge in [0.2, 0.25) is 5.91 Å². The van der Waals surface area contributed by atoms with Crippen molar-refractivity contribution in [3.05, 3.63) is 95.4 Å². The molecule has 1 aromatic heterocycles. The quantitative estimate of drug-likeness (QED) is 0.580. The lowest BCUT2D eigenvalue weighted by molar-refractivity contribution is -0.126. The molecule has 0 spiro atoms. The summed E-state index contributed by atoms with van der Waals surface area (Å²) in [6.07, 6.45) is 4.29. The number of piperidine rings is 1. The van der Waals surface area contributed by atoms with E-state index in [1.807, 2.05) is 54.6 Å². The van der Waals surface area contributed by atoms with E-state index >= 15 is 0 Å². The molecule has 6 heteroatoms. The number of amides is 2. The Morgan fingerprint density at radius 3 is 2.38 bits per heavy atom. The van der Waals surface area contributed by atoms with E-state index < -0.39 is 0 Å². The minimum absolute atomic E-state index is 0.0398. The fourth-order valence-corrected chi connectivity index (χ4v) is 3.96. The van der Waals surface area contributed by atoms with Crippen LogP contribution >= 0.6 is 0 Å². The molecule has 2 heterocycles. The number of furan rings is 1. The van der Waals surface area contributed by atoms with Gasteiger partial charge >= 0.3 is 0 Å². The van der Waals surface area contributed by atoms with Crippen LogP contribution in [0.3, 0.4) is 0 Å². The van der Waals surface area contributed by atoms with Crippen LogP contribution in [0.25, 0.3) is 0 Å². The van der Waals surface area contributed by atoms with Crippen LogP contribution in [0.5, 0.6) is 0 Å². The molecule has 1 N–H and O–H groups in total. The molecule has 0 unspecified atom stereocenters. The van der Waals surface area contributed by atoms with Crippen molar-refractivity contribution < 1.29 is 18.7 Å². The highest BCUT2D eigenvalue weighted by molar-refractivity contribution is 5.94. The van der Waals surface area contributed by atoms with Crippen molar-refractivity contribution in [3.8, 4) is 0 Å². The van der Waals surface area contributed by atoms with Gasteiger partial charge in [0, 0.05) is 25.6 Å². The molecule has 0 aliphatic carbocycles. The zero-order chi connectivity index (χ0) is 22.2. The fraction of sp³-hybridized carbons (Fsp3) is 0.308. The molecule has 2 amide bonds. The first kappa shape index (κ1) is 21.8. The van der Waals surface area contributed by atoms with E-state index in [1.165, 1.54) is 12.5 Å². The number of carbonyl (C=O) groups is 2.